The summed E-state index contributed by atoms with van der Waals surface area (Å²) >= 11 is 0. The van der Waals surface area contributed by atoms with Crippen LogP contribution in [0.5, 0.6) is 0 Å². The Morgan fingerprint density at radius 3 is 2.57 bits per heavy atom. The van der Waals surface area contributed by atoms with Gasteiger partial charge in [0.1, 0.15) is 0 Å². The zero-order valence-corrected chi connectivity index (χ0v) is 4.78. The number of rotatable bonds is 3. The van der Waals surface area contributed by atoms with Crippen molar-refractivity contribution in [3.05, 3.63) is 19.6 Å². The fourth-order valence-electron chi connectivity index (χ4n) is 0.319. The summed E-state index contributed by atoms with van der Waals surface area (Å²) in [5.41, 5.74) is 0. The second kappa shape index (κ2) is 3.88. The Balaban J connectivity index is 2.98. The smallest absolute Gasteiger partial charge is 0.00990 e. The van der Waals surface area contributed by atoms with Gasteiger partial charge in [-0.3, -0.25) is 0 Å². The van der Waals surface area contributed by atoms with E-state index in [9.17, 15) is 0 Å². The summed E-state index contributed by atoms with van der Waals surface area (Å²) in [5, 5.41) is 2.98. The lowest BCUT2D eigenvalue weighted by molar-refractivity contribution is 0.674. The molecule has 0 aliphatic rings. The molecule has 1 radical (unpaired) electrons. The molecule has 0 spiro atoms. The minimum Gasteiger partial charge on any atom is -0.317 e. The zero-order chi connectivity index (χ0) is 5.70. The molecule has 0 aromatic rings. The van der Waals surface area contributed by atoms with Crippen LogP contribution in [0, 0.1) is 6.92 Å². The van der Waals surface area contributed by atoms with E-state index in [0.717, 1.165) is 6.42 Å². The minimum absolute atomic E-state index is 0.331. The summed E-state index contributed by atoms with van der Waals surface area (Å²) in [4.78, 5) is 0. The fraction of sp³-hybridized carbons (Fsp3) is 0.500. The quantitative estimate of drug-likeness (QED) is 0.519. The van der Waals surface area contributed by atoms with Crippen LogP contribution in [0.15, 0.2) is 12.7 Å². The van der Waals surface area contributed by atoms with Crippen LogP contribution in [0.4, 0.5) is 0 Å². The number of hydrogen-bond acceptors (Lipinski definition) is 1. The monoisotopic (exact) mass is 98.1 g/mol. The van der Waals surface area contributed by atoms with Crippen LogP contribution in [0.3, 0.4) is 0 Å². The van der Waals surface area contributed by atoms with Gasteiger partial charge >= 0.3 is 0 Å². The number of hydrogen-bond donors (Lipinski definition) is 1. The SMILES string of the molecule is [CH2]C(CC=C)NC. The lowest BCUT2D eigenvalue weighted by atomic mass is 10.2. The molecular weight excluding hydrogens is 86.1 g/mol. The van der Waals surface area contributed by atoms with Crippen molar-refractivity contribution in [1.82, 2.24) is 5.32 Å². The Morgan fingerprint density at radius 2 is 2.43 bits per heavy atom. The third kappa shape index (κ3) is 3.53. The maximum Gasteiger partial charge on any atom is 0.00990 e. The molecular formula is C6H12N. The molecule has 0 aliphatic carbocycles. The van der Waals surface area contributed by atoms with Crippen molar-refractivity contribution in [3.63, 3.8) is 0 Å². The average molecular weight is 98.2 g/mol. The topological polar surface area (TPSA) is 12.0 Å². The molecule has 0 rings (SSSR count). The first-order chi connectivity index (χ1) is 3.31. The van der Waals surface area contributed by atoms with E-state index in [4.69, 9.17) is 0 Å². The predicted octanol–water partition coefficient (Wildman–Crippen LogP) is 0.985. The molecule has 0 aromatic heterocycles. The number of nitrogens with one attached hydrogen (secondary N) is 1. The van der Waals surface area contributed by atoms with E-state index < -0.39 is 0 Å². The van der Waals surface area contributed by atoms with Gasteiger partial charge in [0.25, 0.3) is 0 Å². The van der Waals surface area contributed by atoms with Gasteiger partial charge in [0.05, 0.1) is 0 Å². The van der Waals surface area contributed by atoms with Gasteiger partial charge in [0.2, 0.25) is 0 Å². The van der Waals surface area contributed by atoms with Gasteiger partial charge in [-0.15, -0.1) is 6.58 Å². The summed E-state index contributed by atoms with van der Waals surface area (Å²) in [6.45, 7) is 7.33. The highest BCUT2D eigenvalue weighted by molar-refractivity contribution is 4.77. The molecule has 0 aromatic carbocycles. The van der Waals surface area contributed by atoms with Crippen molar-refractivity contribution in [3.8, 4) is 0 Å². The normalized spacial score (nSPS) is 13.4. The molecule has 1 nitrogen and oxygen atoms in total. The van der Waals surface area contributed by atoms with Crippen LogP contribution in [-0.4, -0.2) is 13.1 Å². The standard InChI is InChI=1S/C6H12N/c1-4-5-6(2)7-3/h4,6-7H,1-2,5H2,3H3. The van der Waals surface area contributed by atoms with Crippen molar-refractivity contribution >= 4 is 0 Å². The molecule has 1 heteroatoms. The van der Waals surface area contributed by atoms with Crippen LogP contribution < -0.4 is 5.32 Å². The van der Waals surface area contributed by atoms with Gasteiger partial charge in [-0.25, -0.2) is 0 Å². The summed E-state index contributed by atoms with van der Waals surface area (Å²) in [6.07, 6.45) is 2.80. The lowest BCUT2D eigenvalue weighted by Crippen LogP contribution is -2.19. The largest absolute Gasteiger partial charge is 0.317 e. The summed E-state index contributed by atoms with van der Waals surface area (Å²) in [6, 6.07) is 0.331. The molecule has 0 saturated carbocycles. The molecule has 0 fully saturated rings. The van der Waals surface area contributed by atoms with Crippen molar-refractivity contribution in [1.29, 1.82) is 0 Å². The van der Waals surface area contributed by atoms with Crippen LogP contribution in [0.25, 0.3) is 0 Å². The molecule has 1 N–H and O–H groups in total. The Kier molecular flexibility index (Phi) is 3.71. The lowest BCUT2D eigenvalue weighted by Gasteiger charge is -2.03. The minimum atomic E-state index is 0.331. The van der Waals surface area contributed by atoms with E-state index in [-0.39, 0.29) is 0 Å². The van der Waals surface area contributed by atoms with Crippen molar-refractivity contribution in [2.75, 3.05) is 7.05 Å². The Hall–Kier alpha value is -0.300. The molecule has 1 atom stereocenters. The third-order valence-electron chi connectivity index (χ3n) is 0.859. The van der Waals surface area contributed by atoms with Gasteiger partial charge < -0.3 is 5.32 Å². The average Bonchev–Trinajstić information content (AvgIpc) is 1.68. The molecule has 0 aliphatic heterocycles. The van der Waals surface area contributed by atoms with E-state index in [1.54, 1.807) is 0 Å². The third-order valence-corrected chi connectivity index (χ3v) is 0.859. The van der Waals surface area contributed by atoms with Gasteiger partial charge in [0.15, 0.2) is 0 Å². The highest BCUT2D eigenvalue weighted by Crippen LogP contribution is 1.85. The van der Waals surface area contributed by atoms with Crippen LogP contribution in [0.2, 0.25) is 0 Å². The maximum atomic E-state index is 3.76. The predicted molar refractivity (Wildman–Crippen MR) is 33.0 cm³/mol. The Labute approximate surface area is 45.4 Å². The fourth-order valence-corrected chi connectivity index (χ4v) is 0.319. The van der Waals surface area contributed by atoms with Crippen molar-refractivity contribution < 1.29 is 0 Å². The van der Waals surface area contributed by atoms with Crippen molar-refractivity contribution in [2.45, 2.75) is 12.5 Å². The second-order valence-electron chi connectivity index (χ2n) is 1.51. The van der Waals surface area contributed by atoms with E-state index in [1.165, 1.54) is 0 Å². The van der Waals surface area contributed by atoms with Crippen LogP contribution in [0.1, 0.15) is 6.42 Å². The molecule has 0 heterocycles. The highest BCUT2D eigenvalue weighted by Gasteiger charge is 1.89. The Morgan fingerprint density at radius 1 is 1.86 bits per heavy atom. The Bertz CT molecular complexity index is 50.1. The first-order valence-electron chi connectivity index (χ1n) is 2.42. The van der Waals surface area contributed by atoms with E-state index >= 15 is 0 Å². The molecule has 0 amide bonds. The van der Waals surface area contributed by atoms with Crippen LogP contribution in [-0.2, 0) is 0 Å². The molecule has 7 heavy (non-hydrogen) atoms. The first kappa shape index (κ1) is 6.70. The zero-order valence-electron chi connectivity index (χ0n) is 4.78. The summed E-state index contributed by atoms with van der Waals surface area (Å²) in [7, 11) is 1.89. The van der Waals surface area contributed by atoms with E-state index in [1.807, 2.05) is 13.1 Å². The van der Waals surface area contributed by atoms with Gasteiger partial charge in [-0.1, -0.05) is 6.08 Å². The van der Waals surface area contributed by atoms with Gasteiger partial charge in [-0.05, 0) is 20.4 Å². The summed E-state index contributed by atoms with van der Waals surface area (Å²) in [5.74, 6) is 0. The van der Waals surface area contributed by atoms with Gasteiger partial charge in [0, 0.05) is 6.04 Å². The molecule has 41 valence electrons. The van der Waals surface area contributed by atoms with Gasteiger partial charge in [-0.2, -0.15) is 0 Å². The molecule has 1 unspecified atom stereocenters. The van der Waals surface area contributed by atoms with Crippen LogP contribution >= 0.6 is 0 Å². The highest BCUT2D eigenvalue weighted by atomic mass is 14.8. The summed E-state index contributed by atoms with van der Waals surface area (Å²) < 4.78 is 0. The molecule has 0 bridgehead atoms. The molecule has 0 saturated heterocycles. The van der Waals surface area contributed by atoms with Crippen molar-refractivity contribution in [2.24, 2.45) is 0 Å². The first-order valence-corrected chi connectivity index (χ1v) is 2.42. The maximum absolute atomic E-state index is 3.76. The second-order valence-corrected chi connectivity index (χ2v) is 1.51. The van der Waals surface area contributed by atoms with E-state index in [2.05, 4.69) is 18.8 Å². The van der Waals surface area contributed by atoms with E-state index in [0.29, 0.717) is 6.04 Å².